The van der Waals surface area contributed by atoms with Crippen LogP contribution in [0.25, 0.3) is 0 Å². The summed E-state index contributed by atoms with van der Waals surface area (Å²) in [6.07, 6.45) is 2.38. The van der Waals surface area contributed by atoms with Gasteiger partial charge in [-0.1, -0.05) is 34.1 Å². The Kier molecular flexibility index (Phi) is 4.38. The highest BCUT2D eigenvalue weighted by molar-refractivity contribution is 9.10. The molecule has 0 saturated carbocycles. The fourth-order valence-electron chi connectivity index (χ4n) is 2.38. The lowest BCUT2D eigenvalue weighted by atomic mass is 9.89. The van der Waals surface area contributed by atoms with Gasteiger partial charge in [-0.25, -0.2) is 0 Å². The molecule has 3 heteroatoms. The van der Waals surface area contributed by atoms with Crippen LogP contribution in [0.5, 0.6) is 0 Å². The highest BCUT2D eigenvalue weighted by Gasteiger charge is 2.23. The van der Waals surface area contributed by atoms with Crippen LogP contribution in [-0.4, -0.2) is 20.3 Å². The smallest absolute Gasteiger partial charge is 0.0491 e. The van der Waals surface area contributed by atoms with E-state index in [2.05, 4.69) is 45.5 Å². The lowest BCUT2D eigenvalue weighted by Gasteiger charge is -2.30. The Hall–Kier alpha value is -0.380. The summed E-state index contributed by atoms with van der Waals surface area (Å²) in [6.45, 7) is 1.96. The third kappa shape index (κ3) is 2.84. The van der Waals surface area contributed by atoms with Gasteiger partial charge < -0.3 is 10.1 Å². The van der Waals surface area contributed by atoms with Crippen LogP contribution in [-0.2, 0) is 4.74 Å². The standard InChI is InChI=1S/C13H18BrNO/c1-16-9-10-6-7-15-13(8-10)11-4-2-3-5-12(11)14/h2-5,10,13,15H,6-9H2,1H3. The van der Waals surface area contributed by atoms with Crippen LogP contribution in [0.4, 0.5) is 0 Å². The van der Waals surface area contributed by atoms with Crippen molar-refractivity contribution in [2.45, 2.75) is 18.9 Å². The molecule has 2 rings (SSSR count). The minimum absolute atomic E-state index is 0.462. The van der Waals surface area contributed by atoms with Gasteiger partial charge in [0, 0.05) is 24.2 Å². The number of rotatable bonds is 3. The lowest BCUT2D eigenvalue weighted by molar-refractivity contribution is 0.123. The molecule has 16 heavy (non-hydrogen) atoms. The van der Waals surface area contributed by atoms with Crippen LogP contribution in [0, 0.1) is 5.92 Å². The van der Waals surface area contributed by atoms with Gasteiger partial charge in [-0.2, -0.15) is 0 Å². The lowest BCUT2D eigenvalue weighted by Crippen LogP contribution is -2.33. The number of piperidine rings is 1. The van der Waals surface area contributed by atoms with E-state index in [0.717, 1.165) is 19.6 Å². The average molecular weight is 284 g/mol. The third-order valence-corrected chi connectivity index (χ3v) is 3.92. The Balaban J connectivity index is 2.07. The highest BCUT2D eigenvalue weighted by Crippen LogP contribution is 2.31. The van der Waals surface area contributed by atoms with E-state index in [9.17, 15) is 0 Å². The average Bonchev–Trinajstić information content (AvgIpc) is 2.30. The van der Waals surface area contributed by atoms with E-state index in [0.29, 0.717) is 12.0 Å². The zero-order valence-corrected chi connectivity index (χ0v) is 11.2. The van der Waals surface area contributed by atoms with E-state index in [4.69, 9.17) is 4.74 Å². The summed E-state index contributed by atoms with van der Waals surface area (Å²) in [7, 11) is 1.79. The topological polar surface area (TPSA) is 21.3 Å². The van der Waals surface area contributed by atoms with Crippen LogP contribution in [0.3, 0.4) is 0 Å². The monoisotopic (exact) mass is 283 g/mol. The van der Waals surface area contributed by atoms with E-state index >= 15 is 0 Å². The SMILES string of the molecule is COCC1CCNC(c2ccccc2Br)C1. The molecule has 1 aliphatic heterocycles. The van der Waals surface area contributed by atoms with Crippen molar-refractivity contribution in [3.05, 3.63) is 34.3 Å². The molecule has 88 valence electrons. The minimum Gasteiger partial charge on any atom is -0.384 e. The van der Waals surface area contributed by atoms with Gasteiger partial charge in [0.2, 0.25) is 0 Å². The summed E-state index contributed by atoms with van der Waals surface area (Å²) in [5.74, 6) is 0.684. The predicted octanol–water partition coefficient (Wildman–Crippen LogP) is 3.14. The van der Waals surface area contributed by atoms with Crippen LogP contribution in [0.1, 0.15) is 24.4 Å². The van der Waals surface area contributed by atoms with Crippen molar-refractivity contribution in [1.29, 1.82) is 0 Å². The first-order valence-corrected chi connectivity index (χ1v) is 6.57. The molecular weight excluding hydrogens is 266 g/mol. The van der Waals surface area contributed by atoms with Crippen molar-refractivity contribution in [3.8, 4) is 0 Å². The quantitative estimate of drug-likeness (QED) is 0.920. The van der Waals surface area contributed by atoms with Crippen molar-refractivity contribution >= 4 is 15.9 Å². The van der Waals surface area contributed by atoms with Crippen LogP contribution >= 0.6 is 15.9 Å². The predicted molar refractivity (Wildman–Crippen MR) is 69.5 cm³/mol. The zero-order chi connectivity index (χ0) is 11.4. The first-order valence-electron chi connectivity index (χ1n) is 5.78. The number of hydrogen-bond acceptors (Lipinski definition) is 2. The molecule has 0 amide bonds. The summed E-state index contributed by atoms with van der Waals surface area (Å²) < 4.78 is 6.46. The van der Waals surface area contributed by atoms with Gasteiger partial charge in [-0.15, -0.1) is 0 Å². The molecule has 2 atom stereocenters. The summed E-state index contributed by atoms with van der Waals surface area (Å²) in [4.78, 5) is 0. The maximum atomic E-state index is 5.26. The Morgan fingerprint density at radius 1 is 1.44 bits per heavy atom. The molecule has 1 aromatic rings. The molecule has 0 radical (unpaired) electrons. The maximum absolute atomic E-state index is 5.26. The molecule has 1 aromatic carbocycles. The minimum atomic E-state index is 0.462. The number of benzene rings is 1. The number of hydrogen-bond donors (Lipinski definition) is 1. The second-order valence-corrected chi connectivity index (χ2v) is 5.23. The molecule has 1 aliphatic rings. The molecule has 0 bridgehead atoms. The molecule has 2 nitrogen and oxygen atoms in total. The third-order valence-electron chi connectivity index (χ3n) is 3.20. The van der Waals surface area contributed by atoms with E-state index in [1.807, 2.05) is 0 Å². The molecule has 0 spiro atoms. The van der Waals surface area contributed by atoms with Crippen molar-refractivity contribution in [2.24, 2.45) is 5.92 Å². The Morgan fingerprint density at radius 2 is 2.25 bits per heavy atom. The van der Waals surface area contributed by atoms with Gasteiger partial charge in [0.1, 0.15) is 0 Å². The Bertz CT molecular complexity index is 340. The van der Waals surface area contributed by atoms with E-state index in [1.54, 1.807) is 7.11 Å². The molecule has 1 saturated heterocycles. The fraction of sp³-hybridized carbons (Fsp3) is 0.538. The summed E-state index contributed by atoms with van der Waals surface area (Å²) in [5, 5.41) is 3.58. The largest absolute Gasteiger partial charge is 0.384 e. The van der Waals surface area contributed by atoms with Gasteiger partial charge in [-0.05, 0) is 36.9 Å². The summed E-state index contributed by atoms with van der Waals surface area (Å²) in [5.41, 5.74) is 1.36. The zero-order valence-electron chi connectivity index (χ0n) is 9.58. The maximum Gasteiger partial charge on any atom is 0.0491 e. The number of methoxy groups -OCH3 is 1. The van der Waals surface area contributed by atoms with Gasteiger partial charge in [0.05, 0.1) is 0 Å². The molecule has 1 fully saturated rings. The second kappa shape index (κ2) is 5.80. The van der Waals surface area contributed by atoms with Gasteiger partial charge in [0.25, 0.3) is 0 Å². The number of nitrogens with one attached hydrogen (secondary N) is 1. The van der Waals surface area contributed by atoms with E-state index in [1.165, 1.54) is 16.5 Å². The summed E-state index contributed by atoms with van der Waals surface area (Å²) in [6, 6.07) is 8.92. The van der Waals surface area contributed by atoms with Crippen molar-refractivity contribution < 1.29 is 4.74 Å². The second-order valence-electron chi connectivity index (χ2n) is 4.37. The molecular formula is C13H18BrNO. The Morgan fingerprint density at radius 3 is 3.00 bits per heavy atom. The first kappa shape index (κ1) is 12.1. The van der Waals surface area contributed by atoms with Crippen LogP contribution in [0.15, 0.2) is 28.7 Å². The van der Waals surface area contributed by atoms with Gasteiger partial charge >= 0.3 is 0 Å². The molecule has 0 aromatic heterocycles. The molecule has 1 N–H and O–H groups in total. The molecule has 2 unspecified atom stereocenters. The van der Waals surface area contributed by atoms with Crippen molar-refractivity contribution in [3.63, 3.8) is 0 Å². The Labute approximate surface area is 106 Å². The van der Waals surface area contributed by atoms with Crippen LogP contribution < -0.4 is 5.32 Å². The number of ether oxygens (including phenoxy) is 1. The van der Waals surface area contributed by atoms with Crippen molar-refractivity contribution in [2.75, 3.05) is 20.3 Å². The normalized spacial score (nSPS) is 25.6. The molecule has 1 heterocycles. The van der Waals surface area contributed by atoms with E-state index < -0.39 is 0 Å². The van der Waals surface area contributed by atoms with Gasteiger partial charge in [-0.3, -0.25) is 0 Å². The first-order chi connectivity index (χ1) is 7.81. The fourth-order valence-corrected chi connectivity index (χ4v) is 2.94. The van der Waals surface area contributed by atoms with Crippen molar-refractivity contribution in [1.82, 2.24) is 5.32 Å². The number of halogens is 1. The highest BCUT2D eigenvalue weighted by atomic mass is 79.9. The van der Waals surface area contributed by atoms with Gasteiger partial charge in [0.15, 0.2) is 0 Å². The van der Waals surface area contributed by atoms with Crippen LogP contribution in [0.2, 0.25) is 0 Å². The van der Waals surface area contributed by atoms with E-state index in [-0.39, 0.29) is 0 Å². The molecule has 0 aliphatic carbocycles. The summed E-state index contributed by atoms with van der Waals surface area (Å²) >= 11 is 3.62.